The van der Waals surface area contributed by atoms with Crippen LogP contribution in [0.1, 0.15) is 12.7 Å². The summed E-state index contributed by atoms with van der Waals surface area (Å²) in [5.74, 6) is 1.65. The van der Waals surface area contributed by atoms with Crippen LogP contribution in [-0.2, 0) is 13.6 Å². The van der Waals surface area contributed by atoms with E-state index in [-0.39, 0.29) is 5.75 Å². The van der Waals surface area contributed by atoms with Gasteiger partial charge in [0.1, 0.15) is 11.6 Å². The Morgan fingerprint density at radius 1 is 1.21 bits per heavy atom. The molecule has 146 valence electrons. The molecule has 28 heavy (non-hydrogen) atoms. The number of aromatic hydroxyl groups is 1. The molecule has 0 amide bonds. The molecule has 1 atom stereocenters. The SMILES string of the molecule is CC1CN(c2cc(-c3ccccc3O)nnc2N)CCN1Cc1nccn1C. The molecule has 2 aromatic heterocycles. The molecule has 8 heteroatoms. The Bertz CT molecular complexity index is 971. The molecule has 4 rings (SSSR count). The van der Waals surface area contributed by atoms with Gasteiger partial charge in [-0.25, -0.2) is 4.98 Å². The number of anilines is 2. The molecular formula is C20H25N7O. The lowest BCUT2D eigenvalue weighted by Gasteiger charge is -2.40. The fourth-order valence-corrected chi connectivity index (χ4v) is 3.65. The molecule has 3 heterocycles. The van der Waals surface area contributed by atoms with Crippen LogP contribution in [0.25, 0.3) is 11.3 Å². The summed E-state index contributed by atoms with van der Waals surface area (Å²) >= 11 is 0. The van der Waals surface area contributed by atoms with Gasteiger partial charge in [0.15, 0.2) is 5.82 Å². The number of aromatic nitrogens is 4. The molecule has 1 saturated heterocycles. The van der Waals surface area contributed by atoms with Crippen molar-refractivity contribution in [2.75, 3.05) is 30.3 Å². The normalized spacial score (nSPS) is 17.8. The van der Waals surface area contributed by atoms with Gasteiger partial charge in [-0.3, -0.25) is 4.90 Å². The largest absolute Gasteiger partial charge is 0.507 e. The van der Waals surface area contributed by atoms with Crippen LogP contribution in [-0.4, -0.2) is 55.4 Å². The van der Waals surface area contributed by atoms with E-state index >= 15 is 0 Å². The van der Waals surface area contributed by atoms with Crippen molar-refractivity contribution in [3.05, 3.63) is 48.5 Å². The van der Waals surface area contributed by atoms with Gasteiger partial charge in [-0.15, -0.1) is 10.2 Å². The fourth-order valence-electron chi connectivity index (χ4n) is 3.65. The first-order valence-electron chi connectivity index (χ1n) is 9.39. The average Bonchev–Trinajstić information content (AvgIpc) is 3.09. The number of phenolic OH excluding ortho intramolecular Hbond substituents is 1. The second-order valence-corrected chi connectivity index (χ2v) is 7.24. The van der Waals surface area contributed by atoms with E-state index in [1.54, 1.807) is 12.1 Å². The van der Waals surface area contributed by atoms with Crippen LogP contribution in [0.4, 0.5) is 11.5 Å². The monoisotopic (exact) mass is 379 g/mol. The number of nitrogens with zero attached hydrogens (tertiary/aromatic N) is 6. The lowest BCUT2D eigenvalue weighted by atomic mass is 10.1. The number of para-hydroxylation sites is 1. The molecule has 1 fully saturated rings. The van der Waals surface area contributed by atoms with Gasteiger partial charge in [-0.2, -0.15) is 0 Å². The number of nitrogen functional groups attached to an aromatic ring is 1. The van der Waals surface area contributed by atoms with Crippen molar-refractivity contribution in [1.29, 1.82) is 0 Å². The summed E-state index contributed by atoms with van der Waals surface area (Å²) in [6.45, 7) is 5.61. The minimum Gasteiger partial charge on any atom is -0.507 e. The van der Waals surface area contributed by atoms with E-state index in [4.69, 9.17) is 5.73 Å². The molecule has 0 saturated carbocycles. The van der Waals surface area contributed by atoms with Crippen molar-refractivity contribution in [2.45, 2.75) is 19.5 Å². The molecule has 8 nitrogen and oxygen atoms in total. The number of rotatable bonds is 4. The minimum atomic E-state index is 0.181. The Morgan fingerprint density at radius 2 is 2.04 bits per heavy atom. The quantitative estimate of drug-likeness (QED) is 0.714. The first kappa shape index (κ1) is 18.2. The molecule has 1 aromatic carbocycles. The van der Waals surface area contributed by atoms with E-state index in [2.05, 4.69) is 36.5 Å². The van der Waals surface area contributed by atoms with Crippen LogP contribution in [0.15, 0.2) is 42.7 Å². The Morgan fingerprint density at radius 3 is 2.75 bits per heavy atom. The van der Waals surface area contributed by atoms with Gasteiger partial charge in [-0.05, 0) is 25.1 Å². The number of hydrogen-bond donors (Lipinski definition) is 2. The molecule has 3 aromatic rings. The van der Waals surface area contributed by atoms with Crippen LogP contribution < -0.4 is 10.6 Å². The van der Waals surface area contributed by atoms with Crippen molar-refractivity contribution < 1.29 is 5.11 Å². The first-order chi connectivity index (χ1) is 13.5. The van der Waals surface area contributed by atoms with Crippen molar-refractivity contribution in [3.63, 3.8) is 0 Å². The van der Waals surface area contributed by atoms with Gasteiger partial charge in [-0.1, -0.05) is 12.1 Å². The number of aryl methyl sites for hydroxylation is 1. The fraction of sp³-hybridized carbons (Fsp3) is 0.350. The maximum Gasteiger partial charge on any atom is 0.169 e. The van der Waals surface area contributed by atoms with Crippen molar-refractivity contribution in [1.82, 2.24) is 24.6 Å². The number of piperazine rings is 1. The summed E-state index contributed by atoms with van der Waals surface area (Å²) in [6, 6.07) is 9.38. The summed E-state index contributed by atoms with van der Waals surface area (Å²) in [4.78, 5) is 9.10. The van der Waals surface area contributed by atoms with Crippen molar-refractivity contribution in [3.8, 4) is 17.0 Å². The van der Waals surface area contributed by atoms with Gasteiger partial charge in [0.05, 0.1) is 17.9 Å². The zero-order chi connectivity index (χ0) is 19.7. The van der Waals surface area contributed by atoms with E-state index in [1.807, 2.05) is 37.6 Å². The van der Waals surface area contributed by atoms with Gasteiger partial charge >= 0.3 is 0 Å². The van der Waals surface area contributed by atoms with E-state index < -0.39 is 0 Å². The van der Waals surface area contributed by atoms with E-state index in [0.717, 1.165) is 37.7 Å². The summed E-state index contributed by atoms with van der Waals surface area (Å²) < 4.78 is 2.06. The van der Waals surface area contributed by atoms with Gasteiger partial charge < -0.3 is 20.3 Å². The van der Waals surface area contributed by atoms with Crippen LogP contribution in [0.2, 0.25) is 0 Å². The molecule has 0 aliphatic carbocycles. The Kier molecular flexibility index (Phi) is 4.87. The van der Waals surface area contributed by atoms with Crippen LogP contribution in [0.3, 0.4) is 0 Å². The predicted octanol–water partition coefficient (Wildman–Crippen LogP) is 1.88. The second kappa shape index (κ2) is 7.47. The number of phenols is 1. The predicted molar refractivity (Wildman–Crippen MR) is 109 cm³/mol. The maximum atomic E-state index is 10.1. The van der Waals surface area contributed by atoms with Gasteiger partial charge in [0.25, 0.3) is 0 Å². The van der Waals surface area contributed by atoms with Crippen LogP contribution in [0, 0.1) is 0 Å². The van der Waals surface area contributed by atoms with E-state index in [0.29, 0.717) is 23.1 Å². The molecule has 0 radical (unpaired) electrons. The first-order valence-corrected chi connectivity index (χ1v) is 9.39. The highest BCUT2D eigenvalue weighted by Gasteiger charge is 2.26. The second-order valence-electron chi connectivity index (χ2n) is 7.24. The summed E-state index contributed by atoms with van der Waals surface area (Å²) in [5.41, 5.74) is 8.27. The lowest BCUT2D eigenvalue weighted by Crippen LogP contribution is -2.51. The molecule has 3 N–H and O–H groups in total. The highest BCUT2D eigenvalue weighted by atomic mass is 16.3. The molecule has 1 aliphatic heterocycles. The molecular weight excluding hydrogens is 354 g/mol. The molecule has 1 aliphatic rings. The number of imidazole rings is 1. The standard InChI is InChI=1S/C20H25N7O/c1-14-12-27(10-9-26(14)13-19-22-7-8-25(19)2)17-11-16(23-24-20(17)21)15-5-3-4-6-18(15)28/h3-8,11,14,28H,9-10,12-13H2,1-2H3,(H2,21,24). The van der Waals surface area contributed by atoms with Crippen molar-refractivity contribution >= 4 is 11.5 Å². The Labute approximate surface area is 164 Å². The van der Waals surface area contributed by atoms with Crippen LogP contribution >= 0.6 is 0 Å². The summed E-state index contributed by atoms with van der Waals surface area (Å²) in [6.07, 6.45) is 3.81. The maximum absolute atomic E-state index is 10.1. The Balaban J connectivity index is 1.53. The average molecular weight is 379 g/mol. The van der Waals surface area contributed by atoms with E-state index in [9.17, 15) is 5.11 Å². The number of benzene rings is 1. The third-order valence-electron chi connectivity index (χ3n) is 5.35. The minimum absolute atomic E-state index is 0.181. The molecule has 0 spiro atoms. The van der Waals surface area contributed by atoms with Crippen LogP contribution in [0.5, 0.6) is 5.75 Å². The third kappa shape index (κ3) is 3.50. The zero-order valence-electron chi connectivity index (χ0n) is 16.2. The highest BCUT2D eigenvalue weighted by Crippen LogP contribution is 2.32. The smallest absolute Gasteiger partial charge is 0.169 e. The molecule has 1 unspecified atom stereocenters. The summed E-state index contributed by atoms with van der Waals surface area (Å²) in [7, 11) is 2.02. The lowest BCUT2D eigenvalue weighted by molar-refractivity contribution is 0.175. The topological polar surface area (TPSA) is 96.3 Å². The zero-order valence-corrected chi connectivity index (χ0v) is 16.2. The van der Waals surface area contributed by atoms with Gasteiger partial charge in [0, 0.05) is 50.7 Å². The Hall–Kier alpha value is -3.13. The number of hydrogen-bond acceptors (Lipinski definition) is 7. The van der Waals surface area contributed by atoms with Gasteiger partial charge in [0.2, 0.25) is 0 Å². The molecule has 0 bridgehead atoms. The van der Waals surface area contributed by atoms with Crippen molar-refractivity contribution in [2.24, 2.45) is 7.05 Å². The third-order valence-corrected chi connectivity index (χ3v) is 5.35. The highest BCUT2D eigenvalue weighted by molar-refractivity contribution is 5.74. The summed E-state index contributed by atoms with van der Waals surface area (Å²) in [5, 5.41) is 18.4. The van der Waals surface area contributed by atoms with E-state index in [1.165, 1.54) is 0 Å². The number of nitrogens with two attached hydrogens (primary N) is 1.